The summed E-state index contributed by atoms with van der Waals surface area (Å²) in [5.41, 5.74) is 6.14. The van der Waals surface area contributed by atoms with Gasteiger partial charge in [-0.3, -0.25) is 4.84 Å². The quantitative estimate of drug-likeness (QED) is 0.102. The summed E-state index contributed by atoms with van der Waals surface area (Å²) in [5, 5.41) is 35.3. The second-order valence-electron chi connectivity index (χ2n) is 19.0. The Kier molecular flexibility index (Phi) is 8.13. The van der Waals surface area contributed by atoms with E-state index in [4.69, 9.17) is 23.8 Å². The molecule has 10 heteroatoms. The van der Waals surface area contributed by atoms with Crippen LogP contribution >= 0.6 is 0 Å². The van der Waals surface area contributed by atoms with Crippen LogP contribution in [0.5, 0.6) is 23.0 Å². The predicted molar refractivity (Wildman–Crippen MR) is 206 cm³/mol. The van der Waals surface area contributed by atoms with Crippen LogP contribution < -0.4 is 15.0 Å². The molecule has 2 aliphatic heterocycles. The van der Waals surface area contributed by atoms with Gasteiger partial charge in [-0.05, 0) is 144 Å². The Morgan fingerprint density at radius 2 is 1.59 bits per heavy atom. The number of aromatic hydroxyl groups is 2. The molecule has 1 unspecified atom stereocenters. The van der Waals surface area contributed by atoms with E-state index in [9.17, 15) is 20.1 Å². The SMILES string of the molecule is CC[C@]12c3c4ccc(O)c3O[C@H]1[C@@H](OC(=O)O[C@H]1CC[C@@]3(ONCC5CCC5)[C@@H]5CCC[C@@]36c3c(ccc(O)c3O[C@@H]16)C5)CC[C@@]2(O)C(CCCC1=CCC1)C4. The first kappa shape index (κ1) is 35.7. The van der Waals surface area contributed by atoms with Crippen molar-refractivity contribution in [2.24, 2.45) is 17.8 Å². The van der Waals surface area contributed by atoms with E-state index in [1.54, 1.807) is 12.1 Å². The zero-order chi connectivity index (χ0) is 38.0. The number of nitrogens with one attached hydrogen (secondary N) is 1. The molecule has 4 fully saturated rings. The van der Waals surface area contributed by atoms with E-state index < -0.39 is 52.6 Å². The smallest absolute Gasteiger partial charge is 0.504 e. The number of phenols is 2. The Morgan fingerprint density at radius 3 is 2.30 bits per heavy atom. The molecule has 0 aromatic heterocycles. The van der Waals surface area contributed by atoms with E-state index in [0.717, 1.165) is 74.6 Å². The molecule has 4 N–H and O–H groups in total. The Morgan fingerprint density at radius 1 is 0.875 bits per heavy atom. The van der Waals surface area contributed by atoms with Crippen molar-refractivity contribution in [3.8, 4) is 23.0 Å². The average Bonchev–Trinajstić information content (AvgIpc) is 3.70. The minimum atomic E-state index is -1.07. The van der Waals surface area contributed by atoms with Gasteiger partial charge in [0.15, 0.2) is 23.0 Å². The van der Waals surface area contributed by atoms with Gasteiger partial charge in [-0.15, -0.1) is 0 Å². The number of hydrogen-bond donors (Lipinski definition) is 4. The standard InChI is InChI=1S/C46H57NO9/c1-2-43-36-28-14-16-32(48)38(36)54-40(43)34(18-21-45(43,51)30(23-28)12-5-9-26-7-3-8-26)52-42(50)53-35-19-22-46(56-47-25-27-10-4-11-27)31-13-6-20-44(46)37-29(24-31)15-17-33(49)39(37)55-41(35)44/h7,14-17,27,30-31,34-35,40-41,47-49,51H,2-6,8-13,18-25H2,1H3/t30?,31-,34+,35+,40+,41+,43+,44+,45-,46-/m1/s1. The summed E-state index contributed by atoms with van der Waals surface area (Å²) < 4.78 is 26.2. The van der Waals surface area contributed by atoms with Crippen LogP contribution in [0.3, 0.4) is 0 Å². The first-order valence-electron chi connectivity index (χ1n) is 21.9. The van der Waals surface area contributed by atoms with Crippen molar-refractivity contribution < 1.29 is 43.9 Å². The summed E-state index contributed by atoms with van der Waals surface area (Å²) in [6.45, 7) is 2.91. The lowest BCUT2D eigenvalue weighted by molar-refractivity contribution is -0.253. The second-order valence-corrected chi connectivity index (χ2v) is 19.0. The van der Waals surface area contributed by atoms with E-state index in [0.29, 0.717) is 49.5 Å². The Bertz CT molecular complexity index is 1980. The summed E-state index contributed by atoms with van der Waals surface area (Å²) in [4.78, 5) is 21.2. The fourth-order valence-corrected chi connectivity index (χ4v) is 14.0. The number of carbonyl (C=O) groups excluding carboxylic acids is 1. The van der Waals surface area contributed by atoms with Gasteiger partial charge in [-0.2, -0.15) is 0 Å². The van der Waals surface area contributed by atoms with Crippen molar-refractivity contribution in [2.45, 2.75) is 169 Å². The Hall–Kier alpha value is -3.47. The van der Waals surface area contributed by atoms with Gasteiger partial charge in [0.05, 0.1) is 16.4 Å². The molecule has 0 saturated heterocycles. The lowest BCUT2D eigenvalue weighted by Crippen LogP contribution is -2.73. The maximum absolute atomic E-state index is 14.2. The van der Waals surface area contributed by atoms with E-state index >= 15 is 0 Å². The maximum atomic E-state index is 14.2. The summed E-state index contributed by atoms with van der Waals surface area (Å²) in [6, 6.07) is 7.49. The van der Waals surface area contributed by atoms with Crippen molar-refractivity contribution in [3.63, 3.8) is 0 Å². The Balaban J connectivity index is 0.873. The molecule has 7 aliphatic carbocycles. The van der Waals surface area contributed by atoms with E-state index in [-0.39, 0.29) is 23.3 Å². The third-order valence-electron chi connectivity index (χ3n) is 16.9. The number of ether oxygens (including phenoxy) is 4. The highest BCUT2D eigenvalue weighted by molar-refractivity contribution is 5.65. The van der Waals surface area contributed by atoms with Gasteiger partial charge >= 0.3 is 6.16 Å². The molecule has 10 atom stereocenters. The zero-order valence-corrected chi connectivity index (χ0v) is 32.7. The molecule has 2 bridgehead atoms. The highest BCUT2D eigenvalue weighted by Gasteiger charge is 2.74. The first-order chi connectivity index (χ1) is 27.2. The molecular weight excluding hydrogens is 711 g/mol. The van der Waals surface area contributed by atoms with Gasteiger partial charge in [0.2, 0.25) is 0 Å². The molecule has 11 rings (SSSR count). The number of benzene rings is 2. The van der Waals surface area contributed by atoms with Crippen LogP contribution in [0, 0.1) is 17.8 Å². The monoisotopic (exact) mass is 767 g/mol. The predicted octanol–water partition coefficient (Wildman–Crippen LogP) is 7.89. The lowest BCUT2D eigenvalue weighted by atomic mass is 9.45. The largest absolute Gasteiger partial charge is 0.509 e. The molecule has 300 valence electrons. The molecule has 0 radical (unpaired) electrons. The number of hydroxylamine groups is 1. The number of hydrogen-bond acceptors (Lipinski definition) is 10. The van der Waals surface area contributed by atoms with Crippen LogP contribution in [0.4, 0.5) is 4.79 Å². The minimum Gasteiger partial charge on any atom is -0.504 e. The van der Waals surface area contributed by atoms with Gasteiger partial charge in [0.1, 0.15) is 30.0 Å². The van der Waals surface area contributed by atoms with Gasteiger partial charge in [-0.25, -0.2) is 10.3 Å². The number of aliphatic hydroxyl groups is 1. The molecule has 0 amide bonds. The topological polar surface area (TPSA) is 136 Å². The lowest BCUT2D eigenvalue weighted by Gasteiger charge is -2.62. The summed E-state index contributed by atoms with van der Waals surface area (Å²) >= 11 is 0. The van der Waals surface area contributed by atoms with Crippen molar-refractivity contribution >= 4 is 6.16 Å². The van der Waals surface area contributed by atoms with Crippen molar-refractivity contribution in [1.29, 1.82) is 0 Å². The fraction of sp³-hybridized carbons (Fsp3) is 0.674. The maximum Gasteiger partial charge on any atom is 0.509 e. The normalized spacial score (nSPS) is 39.2. The third-order valence-corrected chi connectivity index (χ3v) is 16.9. The molecule has 56 heavy (non-hydrogen) atoms. The number of rotatable bonds is 11. The number of allylic oxidation sites excluding steroid dienone is 2. The molecule has 9 aliphatic rings. The minimum absolute atomic E-state index is 0.0228. The van der Waals surface area contributed by atoms with Gasteiger partial charge in [-0.1, -0.05) is 43.5 Å². The van der Waals surface area contributed by atoms with Crippen molar-refractivity contribution in [3.05, 3.63) is 58.2 Å². The zero-order valence-electron chi connectivity index (χ0n) is 32.7. The Labute approximate surface area is 329 Å². The highest BCUT2D eigenvalue weighted by atomic mass is 16.7. The van der Waals surface area contributed by atoms with E-state index in [1.165, 1.54) is 43.2 Å². The molecule has 1 spiro atoms. The van der Waals surface area contributed by atoms with Crippen LogP contribution in [0.2, 0.25) is 0 Å². The summed E-state index contributed by atoms with van der Waals surface area (Å²) in [7, 11) is 0. The highest BCUT2D eigenvalue weighted by Crippen LogP contribution is 2.69. The molecule has 4 saturated carbocycles. The summed E-state index contributed by atoms with van der Waals surface area (Å²) in [5.74, 6) is 2.02. The number of carbonyl (C=O) groups is 1. The fourth-order valence-electron chi connectivity index (χ4n) is 14.0. The molecular formula is C46H57NO9. The van der Waals surface area contributed by atoms with Gasteiger partial charge < -0.3 is 34.3 Å². The summed E-state index contributed by atoms with van der Waals surface area (Å²) in [6.07, 6.45) is 15.3. The van der Waals surface area contributed by atoms with Crippen LogP contribution in [0.1, 0.15) is 132 Å². The number of phenolic OH excluding ortho intramolecular Hbond substituents is 2. The van der Waals surface area contributed by atoms with Crippen molar-refractivity contribution in [2.75, 3.05) is 6.54 Å². The average molecular weight is 768 g/mol. The van der Waals surface area contributed by atoms with Crippen molar-refractivity contribution in [1.82, 2.24) is 5.48 Å². The van der Waals surface area contributed by atoms with Crippen LogP contribution in [0.25, 0.3) is 0 Å². The van der Waals surface area contributed by atoms with E-state index in [1.807, 2.05) is 12.1 Å². The van der Waals surface area contributed by atoms with Gasteiger partial charge in [0.25, 0.3) is 0 Å². The first-order valence-corrected chi connectivity index (χ1v) is 21.9. The third kappa shape index (κ3) is 4.64. The van der Waals surface area contributed by atoms with Crippen LogP contribution in [-0.2, 0) is 38.0 Å². The molecule has 2 aromatic rings. The van der Waals surface area contributed by atoms with Crippen LogP contribution in [0.15, 0.2) is 35.9 Å². The second kappa shape index (κ2) is 12.8. The van der Waals surface area contributed by atoms with Crippen LogP contribution in [-0.4, -0.2) is 63.6 Å². The van der Waals surface area contributed by atoms with E-state index in [2.05, 4.69) is 18.5 Å². The molecule has 10 nitrogen and oxygen atoms in total. The molecule has 2 heterocycles. The van der Waals surface area contributed by atoms with Gasteiger partial charge in [0, 0.05) is 17.7 Å². The molecule has 2 aromatic carbocycles.